The molecule has 0 fully saturated rings. The number of halogens is 3. The van der Waals surface area contributed by atoms with Crippen molar-refractivity contribution in [3.63, 3.8) is 0 Å². The first-order valence-corrected chi connectivity index (χ1v) is 7.12. The Morgan fingerprint density at radius 3 is 2.76 bits per heavy atom. The van der Waals surface area contributed by atoms with Gasteiger partial charge in [-0.2, -0.15) is 18.2 Å². The van der Waals surface area contributed by atoms with Gasteiger partial charge >= 0.3 is 18.0 Å². The molecular formula is C16H11F3N4O2. The number of pyridine rings is 1. The highest BCUT2D eigenvalue weighted by atomic mass is 19.4. The molecule has 0 unspecified atom stereocenters. The lowest BCUT2D eigenvalue weighted by molar-refractivity contribution is -0.137. The van der Waals surface area contributed by atoms with Gasteiger partial charge in [-0.3, -0.25) is 9.78 Å². The molecule has 0 aliphatic carbocycles. The summed E-state index contributed by atoms with van der Waals surface area (Å²) in [6, 6.07) is 7.95. The van der Waals surface area contributed by atoms with E-state index in [0.29, 0.717) is 0 Å². The smallest absolute Gasteiger partial charge is 0.344 e. The summed E-state index contributed by atoms with van der Waals surface area (Å²) >= 11 is 0. The first kappa shape index (κ1) is 16.6. The average Bonchev–Trinajstić information content (AvgIpc) is 3.10. The maximum Gasteiger partial charge on any atom is 0.416 e. The van der Waals surface area contributed by atoms with E-state index in [4.69, 9.17) is 4.52 Å². The fraction of sp³-hybridized carbons (Fsp3) is 0.125. The van der Waals surface area contributed by atoms with Crippen molar-refractivity contribution in [2.24, 2.45) is 0 Å². The minimum Gasteiger partial charge on any atom is -0.344 e. The van der Waals surface area contributed by atoms with Crippen molar-refractivity contribution in [2.75, 3.05) is 0 Å². The van der Waals surface area contributed by atoms with Gasteiger partial charge in [0, 0.05) is 24.5 Å². The van der Waals surface area contributed by atoms with E-state index < -0.39 is 17.6 Å². The molecule has 128 valence electrons. The van der Waals surface area contributed by atoms with E-state index in [1.807, 2.05) is 0 Å². The molecule has 6 nitrogen and oxygen atoms in total. The van der Waals surface area contributed by atoms with Gasteiger partial charge in [0.1, 0.15) is 0 Å². The van der Waals surface area contributed by atoms with Crippen LogP contribution in [-0.4, -0.2) is 21.0 Å². The molecule has 9 heteroatoms. The molecule has 0 saturated heterocycles. The molecule has 2 heterocycles. The van der Waals surface area contributed by atoms with Gasteiger partial charge in [-0.25, -0.2) is 0 Å². The second-order valence-corrected chi connectivity index (χ2v) is 5.05. The fourth-order valence-electron chi connectivity index (χ4n) is 2.03. The Hall–Kier alpha value is -3.23. The lowest BCUT2D eigenvalue weighted by Gasteiger charge is -2.06. The van der Waals surface area contributed by atoms with Crippen molar-refractivity contribution in [3.05, 3.63) is 65.8 Å². The number of rotatable bonds is 4. The van der Waals surface area contributed by atoms with E-state index >= 15 is 0 Å². The molecule has 0 saturated carbocycles. The van der Waals surface area contributed by atoms with E-state index in [2.05, 4.69) is 20.4 Å². The SMILES string of the molecule is O=C(NCc1cccnc1)c1nc(-c2cccc(C(F)(F)F)c2)no1. The topological polar surface area (TPSA) is 80.9 Å². The van der Waals surface area contributed by atoms with Gasteiger partial charge in [0.15, 0.2) is 0 Å². The number of amides is 1. The zero-order valence-corrected chi connectivity index (χ0v) is 12.6. The Bertz CT molecular complexity index is 878. The molecule has 25 heavy (non-hydrogen) atoms. The molecule has 0 radical (unpaired) electrons. The lowest BCUT2D eigenvalue weighted by atomic mass is 10.1. The van der Waals surface area contributed by atoms with Gasteiger partial charge < -0.3 is 9.84 Å². The van der Waals surface area contributed by atoms with Gasteiger partial charge in [0.2, 0.25) is 5.82 Å². The molecule has 3 aromatic rings. The maximum atomic E-state index is 12.7. The molecule has 0 spiro atoms. The highest BCUT2D eigenvalue weighted by Crippen LogP contribution is 2.31. The van der Waals surface area contributed by atoms with Crippen molar-refractivity contribution < 1.29 is 22.5 Å². The largest absolute Gasteiger partial charge is 0.416 e. The van der Waals surface area contributed by atoms with Crippen LogP contribution in [0.15, 0.2) is 53.3 Å². The van der Waals surface area contributed by atoms with Crippen LogP contribution in [0.4, 0.5) is 13.2 Å². The summed E-state index contributed by atoms with van der Waals surface area (Å²) in [4.78, 5) is 19.7. The van der Waals surface area contributed by atoms with Gasteiger partial charge in [-0.05, 0) is 23.8 Å². The van der Waals surface area contributed by atoms with Gasteiger partial charge in [-0.1, -0.05) is 23.4 Å². The second-order valence-electron chi connectivity index (χ2n) is 5.05. The Balaban J connectivity index is 1.73. The van der Waals surface area contributed by atoms with Crippen LogP contribution in [0, 0.1) is 0 Å². The fourth-order valence-corrected chi connectivity index (χ4v) is 2.03. The average molecular weight is 348 g/mol. The summed E-state index contributed by atoms with van der Waals surface area (Å²) in [7, 11) is 0. The number of benzene rings is 1. The normalized spacial score (nSPS) is 11.3. The van der Waals surface area contributed by atoms with Gasteiger partial charge in [0.05, 0.1) is 5.56 Å². The number of nitrogens with zero attached hydrogens (tertiary/aromatic N) is 3. The Morgan fingerprint density at radius 2 is 2.04 bits per heavy atom. The zero-order valence-electron chi connectivity index (χ0n) is 12.6. The van der Waals surface area contributed by atoms with Gasteiger partial charge in [-0.15, -0.1) is 0 Å². The third kappa shape index (κ3) is 4.00. The lowest BCUT2D eigenvalue weighted by Crippen LogP contribution is -2.23. The third-order valence-corrected chi connectivity index (χ3v) is 3.24. The first-order chi connectivity index (χ1) is 11.9. The monoisotopic (exact) mass is 348 g/mol. The van der Waals surface area contributed by atoms with Gasteiger partial charge in [0.25, 0.3) is 0 Å². The molecule has 3 rings (SSSR count). The predicted molar refractivity (Wildman–Crippen MR) is 80.1 cm³/mol. The molecule has 0 aliphatic rings. The summed E-state index contributed by atoms with van der Waals surface area (Å²) in [6.07, 6.45) is -1.30. The van der Waals surface area contributed by atoms with Crippen molar-refractivity contribution in [3.8, 4) is 11.4 Å². The highest BCUT2D eigenvalue weighted by Gasteiger charge is 2.30. The van der Waals surface area contributed by atoms with Crippen LogP contribution in [0.1, 0.15) is 21.8 Å². The summed E-state index contributed by atoms with van der Waals surface area (Å²) in [5, 5.41) is 6.12. The number of hydrogen-bond donors (Lipinski definition) is 1. The number of hydrogen-bond acceptors (Lipinski definition) is 5. The number of carbonyl (C=O) groups excluding carboxylic acids is 1. The minimum absolute atomic E-state index is 0.0994. The third-order valence-electron chi connectivity index (χ3n) is 3.24. The van der Waals surface area contributed by atoms with E-state index in [0.717, 1.165) is 17.7 Å². The molecule has 0 atom stereocenters. The Morgan fingerprint density at radius 1 is 1.20 bits per heavy atom. The van der Waals surface area contributed by atoms with Crippen LogP contribution in [0.2, 0.25) is 0 Å². The molecule has 1 N–H and O–H groups in total. The predicted octanol–water partition coefficient (Wildman–Crippen LogP) is 3.08. The van der Waals surface area contributed by atoms with Crippen molar-refractivity contribution in [1.82, 2.24) is 20.4 Å². The summed E-state index contributed by atoms with van der Waals surface area (Å²) in [6.45, 7) is 0.202. The number of alkyl halides is 3. The van der Waals surface area contributed by atoms with Crippen molar-refractivity contribution in [1.29, 1.82) is 0 Å². The highest BCUT2D eigenvalue weighted by molar-refractivity contribution is 5.89. The van der Waals surface area contributed by atoms with Crippen molar-refractivity contribution >= 4 is 5.91 Å². The van der Waals surface area contributed by atoms with E-state index in [1.165, 1.54) is 12.1 Å². The van der Waals surface area contributed by atoms with Crippen LogP contribution in [0.3, 0.4) is 0 Å². The molecule has 1 amide bonds. The van der Waals surface area contributed by atoms with Crippen LogP contribution in [0.5, 0.6) is 0 Å². The molecule has 0 aliphatic heterocycles. The standard InChI is InChI=1S/C16H11F3N4O2/c17-16(18,19)12-5-1-4-11(7-12)13-22-15(25-23-13)14(24)21-9-10-3-2-6-20-8-10/h1-8H,9H2,(H,21,24). The van der Waals surface area contributed by atoms with Crippen LogP contribution in [-0.2, 0) is 12.7 Å². The molecular weight excluding hydrogens is 337 g/mol. The van der Waals surface area contributed by atoms with E-state index in [9.17, 15) is 18.0 Å². The molecule has 1 aromatic carbocycles. The minimum atomic E-state index is -4.48. The van der Waals surface area contributed by atoms with E-state index in [-0.39, 0.29) is 23.8 Å². The Kier molecular flexibility index (Phi) is 4.46. The molecule has 2 aromatic heterocycles. The Labute approximate surface area is 139 Å². The summed E-state index contributed by atoms with van der Waals surface area (Å²) in [5.41, 5.74) is 0.0377. The first-order valence-electron chi connectivity index (χ1n) is 7.12. The van der Waals surface area contributed by atoms with Crippen LogP contribution < -0.4 is 5.32 Å². The summed E-state index contributed by atoms with van der Waals surface area (Å²) in [5.74, 6) is -1.07. The second kappa shape index (κ2) is 6.71. The number of aromatic nitrogens is 3. The molecule has 0 bridgehead atoms. The summed E-state index contributed by atoms with van der Waals surface area (Å²) < 4.78 is 43.1. The maximum absolute atomic E-state index is 12.7. The zero-order chi connectivity index (χ0) is 17.9. The number of carbonyl (C=O) groups is 1. The quantitative estimate of drug-likeness (QED) is 0.784. The van der Waals surface area contributed by atoms with Crippen molar-refractivity contribution in [2.45, 2.75) is 12.7 Å². The number of nitrogens with one attached hydrogen (secondary N) is 1. The van der Waals surface area contributed by atoms with Crippen LogP contribution in [0.25, 0.3) is 11.4 Å². The van der Waals surface area contributed by atoms with E-state index in [1.54, 1.807) is 24.5 Å². The van der Waals surface area contributed by atoms with Crippen LogP contribution >= 0.6 is 0 Å².